The van der Waals surface area contributed by atoms with Gasteiger partial charge < -0.3 is 14.5 Å². The Hall–Kier alpha value is -2.61. The summed E-state index contributed by atoms with van der Waals surface area (Å²) < 4.78 is 5.50. The molecule has 5 rings (SSSR count). The lowest BCUT2D eigenvalue weighted by molar-refractivity contribution is -0.137. The molecule has 0 N–H and O–H groups in total. The van der Waals surface area contributed by atoms with Crippen molar-refractivity contribution < 1.29 is 9.53 Å². The molecule has 1 atom stereocenters. The molecule has 1 aliphatic carbocycles. The van der Waals surface area contributed by atoms with E-state index in [1.54, 1.807) is 18.6 Å². The van der Waals surface area contributed by atoms with E-state index >= 15 is 0 Å². The molecule has 1 unspecified atom stereocenters. The van der Waals surface area contributed by atoms with Crippen molar-refractivity contribution >= 4 is 11.9 Å². The number of amides is 1. The Morgan fingerprint density at radius 3 is 2.56 bits per heavy atom. The summed E-state index contributed by atoms with van der Waals surface area (Å²) in [6.45, 7) is 4.55. The van der Waals surface area contributed by atoms with Gasteiger partial charge in [0.1, 0.15) is 0 Å². The van der Waals surface area contributed by atoms with Crippen molar-refractivity contribution in [2.24, 2.45) is 5.92 Å². The van der Waals surface area contributed by atoms with Gasteiger partial charge in [0, 0.05) is 62.2 Å². The van der Waals surface area contributed by atoms with Crippen LogP contribution in [0.2, 0.25) is 0 Å². The van der Waals surface area contributed by atoms with Crippen LogP contribution in [0.5, 0.6) is 0 Å². The number of carbonyl (C=O) groups is 1. The normalized spacial score (nSPS) is 22.7. The quantitative estimate of drug-likeness (QED) is 0.728. The monoisotopic (exact) mass is 436 g/mol. The van der Waals surface area contributed by atoms with Crippen molar-refractivity contribution in [3.63, 3.8) is 0 Å². The molecule has 32 heavy (non-hydrogen) atoms. The van der Waals surface area contributed by atoms with Gasteiger partial charge in [-0.3, -0.25) is 14.8 Å². The van der Waals surface area contributed by atoms with E-state index in [-0.39, 0.29) is 11.8 Å². The summed E-state index contributed by atoms with van der Waals surface area (Å²) in [5, 5.41) is 0. The van der Waals surface area contributed by atoms with E-state index in [0.717, 1.165) is 74.8 Å². The maximum absolute atomic E-state index is 13.2. The average Bonchev–Trinajstić information content (AvgIpc) is 2.89. The van der Waals surface area contributed by atoms with Crippen LogP contribution >= 0.6 is 0 Å². The maximum Gasteiger partial charge on any atom is 0.225 e. The van der Waals surface area contributed by atoms with Gasteiger partial charge in [-0.15, -0.1) is 0 Å². The summed E-state index contributed by atoms with van der Waals surface area (Å²) in [5.74, 6) is 1.47. The van der Waals surface area contributed by atoms with Crippen molar-refractivity contribution in [2.75, 3.05) is 44.3 Å². The number of likely N-dealkylation sites (tertiary alicyclic amines) is 1. The molecule has 2 aliphatic heterocycles. The first kappa shape index (κ1) is 21.2. The van der Waals surface area contributed by atoms with Crippen molar-refractivity contribution in [3.05, 3.63) is 30.5 Å². The smallest absolute Gasteiger partial charge is 0.225 e. The van der Waals surface area contributed by atoms with Crippen LogP contribution < -0.4 is 4.90 Å². The largest absolute Gasteiger partial charge is 0.378 e. The fraction of sp³-hybridized carbons (Fsp3) is 0.625. The highest BCUT2D eigenvalue weighted by Crippen LogP contribution is 2.35. The Balaban J connectivity index is 1.43. The minimum absolute atomic E-state index is 0.177. The standard InChI is InChI=1S/C24H32N6O2/c31-23(18-5-2-1-3-6-18)30-10-4-7-19(17-30)22-20(21-16-25-8-9-26-21)15-27-24(28-22)29-11-13-32-14-12-29/h8-9,15-16,18-19H,1-7,10-14,17H2. The molecule has 1 amide bonds. The van der Waals surface area contributed by atoms with Crippen LogP contribution in [0.1, 0.15) is 56.6 Å². The highest BCUT2D eigenvalue weighted by molar-refractivity contribution is 5.79. The molecule has 2 aromatic heterocycles. The van der Waals surface area contributed by atoms with Crippen molar-refractivity contribution in [2.45, 2.75) is 50.9 Å². The first-order valence-corrected chi connectivity index (χ1v) is 12.0. The van der Waals surface area contributed by atoms with E-state index in [1.165, 1.54) is 19.3 Å². The van der Waals surface area contributed by atoms with Crippen LogP contribution in [0.15, 0.2) is 24.8 Å². The van der Waals surface area contributed by atoms with Gasteiger partial charge >= 0.3 is 0 Å². The van der Waals surface area contributed by atoms with Crippen molar-refractivity contribution in [1.29, 1.82) is 0 Å². The van der Waals surface area contributed by atoms with Gasteiger partial charge in [0.2, 0.25) is 11.9 Å². The number of hydrogen-bond acceptors (Lipinski definition) is 7. The minimum atomic E-state index is 0.177. The van der Waals surface area contributed by atoms with E-state index in [9.17, 15) is 4.79 Å². The van der Waals surface area contributed by atoms with Gasteiger partial charge in [-0.2, -0.15) is 0 Å². The van der Waals surface area contributed by atoms with Gasteiger partial charge in [-0.1, -0.05) is 19.3 Å². The Bertz CT molecular complexity index is 912. The van der Waals surface area contributed by atoms with Crippen molar-refractivity contribution in [1.82, 2.24) is 24.8 Å². The van der Waals surface area contributed by atoms with Crippen LogP contribution in [0, 0.1) is 5.92 Å². The fourth-order valence-electron chi connectivity index (χ4n) is 5.26. The second kappa shape index (κ2) is 9.90. The number of ether oxygens (including phenoxy) is 1. The van der Waals surface area contributed by atoms with Gasteiger partial charge in [-0.05, 0) is 25.7 Å². The lowest BCUT2D eigenvalue weighted by Gasteiger charge is -2.36. The molecule has 3 aliphatic rings. The maximum atomic E-state index is 13.2. The summed E-state index contributed by atoms with van der Waals surface area (Å²) in [6.07, 6.45) is 14.8. The van der Waals surface area contributed by atoms with Crippen LogP contribution in [-0.4, -0.2) is 70.1 Å². The van der Waals surface area contributed by atoms with E-state index < -0.39 is 0 Å². The number of aromatic nitrogens is 4. The molecule has 8 heteroatoms. The summed E-state index contributed by atoms with van der Waals surface area (Å²) in [5.41, 5.74) is 2.70. The van der Waals surface area contributed by atoms with Gasteiger partial charge in [0.25, 0.3) is 0 Å². The third-order valence-electron chi connectivity index (χ3n) is 7.01. The number of hydrogen-bond donors (Lipinski definition) is 0. The van der Waals surface area contributed by atoms with Gasteiger partial charge in [0.05, 0.1) is 30.8 Å². The first-order valence-electron chi connectivity index (χ1n) is 12.0. The zero-order valence-electron chi connectivity index (χ0n) is 18.7. The Morgan fingerprint density at radius 2 is 1.78 bits per heavy atom. The number of carbonyl (C=O) groups excluding carboxylic acids is 1. The Kier molecular flexibility index (Phi) is 6.57. The third kappa shape index (κ3) is 4.60. The number of rotatable bonds is 4. The van der Waals surface area contributed by atoms with E-state index in [1.807, 2.05) is 6.20 Å². The summed E-state index contributed by atoms with van der Waals surface area (Å²) >= 11 is 0. The molecule has 8 nitrogen and oxygen atoms in total. The highest BCUT2D eigenvalue weighted by Gasteiger charge is 2.32. The SMILES string of the molecule is O=C(C1CCCCC1)N1CCCC(c2nc(N3CCOCC3)ncc2-c2cnccn2)C1. The van der Waals surface area contributed by atoms with Gasteiger partial charge in [0.15, 0.2) is 0 Å². The summed E-state index contributed by atoms with van der Waals surface area (Å²) in [4.78, 5) is 36.0. The zero-order chi connectivity index (χ0) is 21.8. The lowest BCUT2D eigenvalue weighted by atomic mass is 9.86. The second-order valence-electron chi connectivity index (χ2n) is 9.12. The molecule has 170 valence electrons. The number of morpholine rings is 1. The Labute approximate surface area is 189 Å². The van der Waals surface area contributed by atoms with Crippen LogP contribution in [0.3, 0.4) is 0 Å². The number of piperidine rings is 1. The summed E-state index contributed by atoms with van der Waals surface area (Å²) in [7, 11) is 0. The van der Waals surface area contributed by atoms with E-state index in [4.69, 9.17) is 9.72 Å². The predicted octanol–water partition coefficient (Wildman–Crippen LogP) is 3.06. The van der Waals surface area contributed by atoms with Crippen LogP contribution in [0.4, 0.5) is 5.95 Å². The summed E-state index contributed by atoms with van der Waals surface area (Å²) in [6, 6.07) is 0. The van der Waals surface area contributed by atoms with E-state index in [0.29, 0.717) is 19.1 Å². The molecular weight excluding hydrogens is 404 g/mol. The molecular formula is C24H32N6O2. The molecule has 4 heterocycles. The molecule has 2 aromatic rings. The molecule has 0 aromatic carbocycles. The van der Waals surface area contributed by atoms with Gasteiger partial charge in [-0.25, -0.2) is 9.97 Å². The lowest BCUT2D eigenvalue weighted by Crippen LogP contribution is -2.43. The number of anilines is 1. The predicted molar refractivity (Wildman–Crippen MR) is 121 cm³/mol. The Morgan fingerprint density at radius 1 is 0.938 bits per heavy atom. The van der Waals surface area contributed by atoms with E-state index in [2.05, 4.69) is 24.8 Å². The number of nitrogens with zero attached hydrogens (tertiary/aromatic N) is 6. The molecule has 0 radical (unpaired) electrons. The average molecular weight is 437 g/mol. The third-order valence-corrected chi connectivity index (χ3v) is 7.01. The molecule has 0 spiro atoms. The zero-order valence-corrected chi connectivity index (χ0v) is 18.7. The van der Waals surface area contributed by atoms with Crippen LogP contribution in [-0.2, 0) is 9.53 Å². The fourth-order valence-corrected chi connectivity index (χ4v) is 5.26. The second-order valence-corrected chi connectivity index (χ2v) is 9.12. The molecule has 0 bridgehead atoms. The topological polar surface area (TPSA) is 84.3 Å². The molecule has 1 saturated carbocycles. The molecule has 3 fully saturated rings. The van der Waals surface area contributed by atoms with Crippen molar-refractivity contribution in [3.8, 4) is 11.3 Å². The van der Waals surface area contributed by atoms with Crippen LogP contribution in [0.25, 0.3) is 11.3 Å². The molecule has 2 saturated heterocycles. The minimum Gasteiger partial charge on any atom is -0.378 e. The highest BCUT2D eigenvalue weighted by atomic mass is 16.5. The first-order chi connectivity index (χ1) is 15.8.